The van der Waals surface area contributed by atoms with Crippen LogP contribution < -0.4 is 5.73 Å². The summed E-state index contributed by atoms with van der Waals surface area (Å²) in [6.07, 6.45) is -3.41. The molecule has 0 radical (unpaired) electrons. The van der Waals surface area contributed by atoms with Crippen LogP contribution in [0.5, 0.6) is 0 Å². The quantitative estimate of drug-likeness (QED) is 0.787. The Hall–Kier alpha value is -1.94. The number of nitrogens with two attached hydrogens (primary N) is 1. The summed E-state index contributed by atoms with van der Waals surface area (Å²) >= 11 is 3.37. The number of likely N-dealkylation sites (tertiary alicyclic amines) is 1. The van der Waals surface area contributed by atoms with Gasteiger partial charge in [0.05, 0.1) is 12.1 Å². The topological polar surface area (TPSA) is 77.0 Å². The molecule has 10 heteroatoms. The second kappa shape index (κ2) is 6.59. The summed E-state index contributed by atoms with van der Waals surface area (Å²) in [5.41, 5.74) is 7.15. The van der Waals surface area contributed by atoms with Crippen LogP contribution in [0.3, 0.4) is 0 Å². The van der Waals surface area contributed by atoms with Crippen molar-refractivity contribution in [2.24, 2.45) is 5.73 Å². The Morgan fingerprint density at radius 1 is 1.30 bits per heavy atom. The predicted octanol–water partition coefficient (Wildman–Crippen LogP) is 2.85. The van der Waals surface area contributed by atoms with Crippen molar-refractivity contribution in [3.05, 3.63) is 46.0 Å². The number of hydrogen-bond donors (Lipinski definition) is 1. The van der Waals surface area contributed by atoms with E-state index >= 15 is 0 Å². The Morgan fingerprint density at radius 2 is 2.00 bits per heavy atom. The summed E-state index contributed by atoms with van der Waals surface area (Å²) in [4.78, 5) is 14.3. The predicted molar refractivity (Wildman–Crippen MR) is 93.6 cm³/mol. The van der Waals surface area contributed by atoms with Crippen LogP contribution in [0.15, 0.2) is 28.7 Å². The Kier molecular flexibility index (Phi) is 4.50. The van der Waals surface area contributed by atoms with E-state index in [1.807, 2.05) is 24.3 Å². The zero-order chi connectivity index (χ0) is 19.3. The molecule has 2 aliphatic rings. The van der Waals surface area contributed by atoms with Crippen LogP contribution in [0.1, 0.15) is 42.1 Å². The number of hydrogen-bond acceptors (Lipinski definition) is 4. The molecule has 144 valence electrons. The van der Waals surface area contributed by atoms with Crippen molar-refractivity contribution in [3.63, 3.8) is 0 Å². The molecule has 2 bridgehead atoms. The largest absolute Gasteiger partial charge is 0.451 e. The standard InChI is InChI=1S/C17H17BrF3N5O/c18-10-3-1-9(2-4-10)5-11(22)6-14(27)25-8-12-7-13(25)15-23-24-16(26(12)15)17(19,20)21/h1-4,11-13H,5-8,22H2/t11-,12+,13+/m1/s1. The second-order valence-electron chi connectivity index (χ2n) is 7.00. The molecule has 1 aromatic heterocycles. The van der Waals surface area contributed by atoms with Crippen molar-refractivity contribution in [3.8, 4) is 0 Å². The fourth-order valence-electron chi connectivity index (χ4n) is 3.94. The third kappa shape index (κ3) is 3.36. The van der Waals surface area contributed by atoms with E-state index in [9.17, 15) is 18.0 Å². The van der Waals surface area contributed by atoms with Gasteiger partial charge in [-0.05, 0) is 30.5 Å². The SMILES string of the molecule is N[C@@H](CC(=O)N1C[C@@H]2C[C@H]1c1nnc(C(F)(F)F)n12)Cc1ccc(Br)cc1. The molecule has 2 aromatic rings. The highest BCUT2D eigenvalue weighted by atomic mass is 79.9. The van der Waals surface area contributed by atoms with Gasteiger partial charge in [-0.25, -0.2) is 0 Å². The van der Waals surface area contributed by atoms with Gasteiger partial charge in [0.1, 0.15) is 0 Å². The number of carbonyl (C=O) groups is 1. The van der Waals surface area contributed by atoms with E-state index in [-0.39, 0.29) is 30.7 Å². The molecule has 1 fully saturated rings. The van der Waals surface area contributed by atoms with E-state index in [2.05, 4.69) is 26.1 Å². The van der Waals surface area contributed by atoms with Gasteiger partial charge in [0.15, 0.2) is 5.82 Å². The van der Waals surface area contributed by atoms with Gasteiger partial charge in [-0.3, -0.25) is 4.79 Å². The number of carbonyl (C=O) groups excluding carboxylic acids is 1. The van der Waals surface area contributed by atoms with E-state index in [4.69, 9.17) is 5.73 Å². The summed E-state index contributed by atoms with van der Waals surface area (Å²) in [5.74, 6) is -0.924. The van der Waals surface area contributed by atoms with Crippen LogP contribution in [0.25, 0.3) is 0 Å². The van der Waals surface area contributed by atoms with Gasteiger partial charge < -0.3 is 15.2 Å². The highest BCUT2D eigenvalue weighted by Crippen LogP contribution is 2.47. The van der Waals surface area contributed by atoms with Crippen LogP contribution >= 0.6 is 15.9 Å². The van der Waals surface area contributed by atoms with E-state index < -0.39 is 24.1 Å². The van der Waals surface area contributed by atoms with Crippen LogP contribution in [0.4, 0.5) is 13.2 Å². The van der Waals surface area contributed by atoms with Crippen molar-refractivity contribution in [2.75, 3.05) is 6.54 Å². The maximum Gasteiger partial charge on any atom is 0.451 e. The lowest BCUT2D eigenvalue weighted by Gasteiger charge is -2.28. The first-order chi connectivity index (χ1) is 12.7. The van der Waals surface area contributed by atoms with Crippen LogP contribution in [0.2, 0.25) is 0 Å². The Labute approximate surface area is 161 Å². The minimum absolute atomic E-state index is 0.138. The molecule has 4 rings (SSSR count). The molecule has 3 atom stereocenters. The summed E-state index contributed by atoms with van der Waals surface area (Å²) < 4.78 is 41.2. The number of amides is 1. The number of alkyl halides is 3. The molecule has 2 aliphatic heterocycles. The zero-order valence-corrected chi connectivity index (χ0v) is 15.7. The normalized spacial score (nSPS) is 22.2. The lowest BCUT2D eigenvalue weighted by Crippen LogP contribution is -2.39. The van der Waals surface area contributed by atoms with Crippen molar-refractivity contribution < 1.29 is 18.0 Å². The van der Waals surface area contributed by atoms with Gasteiger partial charge in [-0.2, -0.15) is 13.2 Å². The second-order valence-corrected chi connectivity index (χ2v) is 7.91. The van der Waals surface area contributed by atoms with Crippen molar-refractivity contribution in [2.45, 2.75) is 43.6 Å². The minimum atomic E-state index is -4.54. The highest BCUT2D eigenvalue weighted by molar-refractivity contribution is 9.10. The molecule has 0 saturated carbocycles. The van der Waals surface area contributed by atoms with Crippen LogP contribution in [-0.4, -0.2) is 38.2 Å². The first-order valence-electron chi connectivity index (χ1n) is 8.55. The van der Waals surface area contributed by atoms with E-state index in [1.54, 1.807) is 4.90 Å². The van der Waals surface area contributed by atoms with E-state index in [1.165, 1.54) is 0 Å². The molecule has 0 spiro atoms. The molecular formula is C17H17BrF3N5O. The Morgan fingerprint density at radius 3 is 2.67 bits per heavy atom. The molecular weight excluding hydrogens is 427 g/mol. The lowest BCUT2D eigenvalue weighted by atomic mass is 10.0. The number of rotatable bonds is 4. The number of benzene rings is 1. The molecule has 1 saturated heterocycles. The number of nitrogens with zero attached hydrogens (tertiary/aromatic N) is 4. The summed E-state index contributed by atoms with van der Waals surface area (Å²) in [6, 6.07) is 6.46. The first kappa shape index (κ1) is 18.4. The van der Waals surface area contributed by atoms with Gasteiger partial charge in [-0.15, -0.1) is 10.2 Å². The monoisotopic (exact) mass is 443 g/mol. The summed E-state index contributed by atoms with van der Waals surface area (Å²) in [6.45, 7) is 0.239. The van der Waals surface area contributed by atoms with Gasteiger partial charge in [0.2, 0.25) is 11.7 Å². The number of halogens is 4. The zero-order valence-electron chi connectivity index (χ0n) is 14.2. The average Bonchev–Trinajstić information content (AvgIpc) is 3.27. The van der Waals surface area contributed by atoms with Crippen molar-refractivity contribution >= 4 is 21.8 Å². The molecule has 1 amide bonds. The smallest absolute Gasteiger partial charge is 0.330 e. The van der Waals surface area contributed by atoms with E-state index in [0.717, 1.165) is 14.6 Å². The fourth-order valence-corrected chi connectivity index (χ4v) is 4.21. The maximum atomic E-state index is 13.0. The third-order valence-electron chi connectivity index (χ3n) is 5.09. The van der Waals surface area contributed by atoms with E-state index in [0.29, 0.717) is 12.8 Å². The van der Waals surface area contributed by atoms with Crippen LogP contribution in [-0.2, 0) is 17.4 Å². The number of aromatic nitrogens is 3. The van der Waals surface area contributed by atoms with Crippen molar-refractivity contribution in [1.29, 1.82) is 0 Å². The fraction of sp³-hybridized carbons (Fsp3) is 0.471. The molecule has 3 heterocycles. The number of fused-ring (bicyclic) bond motifs is 5. The Bertz CT molecular complexity index is 866. The maximum absolute atomic E-state index is 13.0. The molecule has 2 N–H and O–H groups in total. The first-order valence-corrected chi connectivity index (χ1v) is 9.35. The Balaban J connectivity index is 1.43. The van der Waals surface area contributed by atoms with Gasteiger partial charge in [-0.1, -0.05) is 28.1 Å². The van der Waals surface area contributed by atoms with Gasteiger partial charge in [0, 0.05) is 23.5 Å². The van der Waals surface area contributed by atoms with Gasteiger partial charge >= 0.3 is 6.18 Å². The molecule has 6 nitrogen and oxygen atoms in total. The molecule has 27 heavy (non-hydrogen) atoms. The third-order valence-corrected chi connectivity index (χ3v) is 5.61. The highest BCUT2D eigenvalue weighted by Gasteiger charge is 2.51. The minimum Gasteiger partial charge on any atom is -0.330 e. The molecule has 1 aromatic carbocycles. The summed E-state index contributed by atoms with van der Waals surface area (Å²) in [7, 11) is 0. The van der Waals surface area contributed by atoms with Crippen LogP contribution in [0, 0.1) is 0 Å². The molecule has 0 aliphatic carbocycles. The molecule has 0 unspecified atom stereocenters. The summed E-state index contributed by atoms with van der Waals surface area (Å²) in [5, 5.41) is 6.99. The lowest BCUT2D eigenvalue weighted by molar-refractivity contribution is -0.148. The van der Waals surface area contributed by atoms with Gasteiger partial charge in [0.25, 0.3) is 0 Å². The average molecular weight is 444 g/mol. The van der Waals surface area contributed by atoms with Crippen molar-refractivity contribution in [1.82, 2.24) is 19.7 Å².